The van der Waals surface area contributed by atoms with Gasteiger partial charge in [0.2, 0.25) is 5.82 Å². The van der Waals surface area contributed by atoms with Gasteiger partial charge < -0.3 is 13.9 Å². The Morgan fingerprint density at radius 3 is 2.63 bits per heavy atom. The van der Waals surface area contributed by atoms with Gasteiger partial charge in [0.1, 0.15) is 5.56 Å². The highest BCUT2D eigenvalue weighted by Gasteiger charge is 2.23. The fraction of sp³-hybridized carbons (Fsp3) is 0. The Morgan fingerprint density at radius 2 is 1.97 bits per heavy atom. The van der Waals surface area contributed by atoms with Crippen LogP contribution in [0.3, 0.4) is 0 Å². The number of hydrogen-bond donors (Lipinski definition) is 1. The van der Waals surface area contributed by atoms with Crippen LogP contribution in [-0.4, -0.2) is 32.6 Å². The molecule has 148 valence electrons. The Balaban J connectivity index is 1.86. The van der Waals surface area contributed by atoms with E-state index in [0.717, 1.165) is 6.07 Å². The number of carbonyl (C=O) groups excluding carboxylic acids is 2. The molecular weight excluding hydrogens is 396 g/mol. The van der Waals surface area contributed by atoms with Crippen molar-refractivity contribution < 1.29 is 23.5 Å². The van der Waals surface area contributed by atoms with E-state index in [1.807, 2.05) is 0 Å². The first-order chi connectivity index (χ1) is 14.5. The number of H-pyrrole nitrogens is 1. The fourth-order valence-corrected chi connectivity index (χ4v) is 2.97. The maximum atomic E-state index is 12.3. The van der Waals surface area contributed by atoms with Crippen LogP contribution in [0.2, 0.25) is 0 Å². The van der Waals surface area contributed by atoms with Crippen molar-refractivity contribution in [3.63, 3.8) is 0 Å². The molecule has 11 nitrogen and oxygen atoms in total. The Hall–Kier alpha value is -4.67. The lowest BCUT2D eigenvalue weighted by Crippen LogP contribution is -2.09. The monoisotopic (exact) mass is 406 g/mol. The van der Waals surface area contributed by atoms with Crippen molar-refractivity contribution in [2.45, 2.75) is 0 Å². The molecule has 0 bridgehead atoms. The van der Waals surface area contributed by atoms with Gasteiger partial charge in [0.25, 0.3) is 17.1 Å². The average molecular weight is 406 g/mol. The number of aldehydes is 2. The summed E-state index contributed by atoms with van der Waals surface area (Å²) in [6, 6.07) is 5.44. The summed E-state index contributed by atoms with van der Waals surface area (Å²) in [7, 11) is 0. The predicted octanol–water partition coefficient (Wildman–Crippen LogP) is 2.89. The minimum absolute atomic E-state index is 0.0436. The molecule has 0 atom stereocenters. The van der Waals surface area contributed by atoms with Crippen LogP contribution < -0.4 is 5.56 Å². The summed E-state index contributed by atoms with van der Waals surface area (Å²) in [6.45, 7) is 0. The van der Waals surface area contributed by atoms with Crippen LogP contribution in [0.1, 0.15) is 20.7 Å². The lowest BCUT2D eigenvalue weighted by molar-refractivity contribution is -0.385. The van der Waals surface area contributed by atoms with E-state index in [1.165, 1.54) is 24.8 Å². The molecule has 0 aliphatic rings. The topological polar surface area (TPSA) is 162 Å². The SMILES string of the molecule is O=Cc1cc(-c2nc(-c3cc[nH]c(=O)c3-c3ccoc3)no2)cc([N+](=O)[O-])c1C=O. The van der Waals surface area contributed by atoms with Crippen LogP contribution in [0.4, 0.5) is 5.69 Å². The number of carbonyl (C=O) groups is 2. The fourth-order valence-electron chi connectivity index (χ4n) is 2.97. The molecule has 4 aromatic rings. The third kappa shape index (κ3) is 3.09. The number of aromatic nitrogens is 3. The second kappa shape index (κ2) is 7.39. The van der Waals surface area contributed by atoms with Crippen molar-refractivity contribution in [2.24, 2.45) is 0 Å². The zero-order valence-corrected chi connectivity index (χ0v) is 14.9. The van der Waals surface area contributed by atoms with Gasteiger partial charge in [-0.05, 0) is 18.2 Å². The summed E-state index contributed by atoms with van der Waals surface area (Å²) in [6.07, 6.45) is 4.75. The lowest BCUT2D eigenvalue weighted by Gasteiger charge is -2.02. The Bertz CT molecular complexity index is 1340. The first kappa shape index (κ1) is 18.7. The van der Waals surface area contributed by atoms with Gasteiger partial charge in [0.05, 0.1) is 23.0 Å². The largest absolute Gasteiger partial charge is 0.472 e. The number of hydrogen-bond acceptors (Lipinski definition) is 9. The highest BCUT2D eigenvalue weighted by molar-refractivity contribution is 5.96. The molecule has 0 saturated carbocycles. The summed E-state index contributed by atoms with van der Waals surface area (Å²) in [5.41, 5.74) is -0.372. The van der Waals surface area contributed by atoms with Crippen molar-refractivity contribution in [2.75, 3.05) is 0 Å². The molecule has 1 N–H and O–H groups in total. The Kier molecular flexibility index (Phi) is 4.60. The number of nitro benzene ring substituents is 1. The first-order valence-corrected chi connectivity index (χ1v) is 8.35. The molecule has 3 heterocycles. The molecule has 3 aromatic heterocycles. The van der Waals surface area contributed by atoms with Gasteiger partial charge in [-0.3, -0.25) is 24.5 Å². The number of furan rings is 1. The normalized spacial score (nSPS) is 10.7. The third-order valence-electron chi connectivity index (χ3n) is 4.32. The predicted molar refractivity (Wildman–Crippen MR) is 101 cm³/mol. The first-order valence-electron chi connectivity index (χ1n) is 8.35. The smallest absolute Gasteiger partial charge is 0.281 e. The van der Waals surface area contributed by atoms with Crippen molar-refractivity contribution in [3.8, 4) is 34.0 Å². The van der Waals surface area contributed by atoms with E-state index in [1.54, 1.807) is 12.1 Å². The maximum absolute atomic E-state index is 12.3. The van der Waals surface area contributed by atoms with Crippen LogP contribution in [-0.2, 0) is 0 Å². The van der Waals surface area contributed by atoms with Crippen LogP contribution in [0.15, 0.2) is 56.7 Å². The molecule has 1 aromatic carbocycles. The molecule has 0 spiro atoms. The molecule has 30 heavy (non-hydrogen) atoms. The summed E-state index contributed by atoms with van der Waals surface area (Å²) in [4.78, 5) is 52.1. The highest BCUT2D eigenvalue weighted by atomic mass is 16.6. The van der Waals surface area contributed by atoms with Gasteiger partial charge in [-0.15, -0.1) is 0 Å². The van der Waals surface area contributed by atoms with Gasteiger partial charge in [-0.25, -0.2) is 0 Å². The maximum Gasteiger partial charge on any atom is 0.281 e. The average Bonchev–Trinajstić information content (AvgIpc) is 3.44. The standard InChI is InChI=1S/C19H10N4O7/c24-7-12-5-11(6-15(23(27)28)14(12)8-25)19-21-17(22-30-19)13-1-3-20-18(26)16(13)10-2-4-29-9-10/h1-9H,(H,20,26). The lowest BCUT2D eigenvalue weighted by atomic mass is 10.0. The van der Waals surface area contributed by atoms with Gasteiger partial charge in [-0.1, -0.05) is 5.16 Å². The number of nitrogens with zero attached hydrogens (tertiary/aromatic N) is 3. The summed E-state index contributed by atoms with van der Waals surface area (Å²) < 4.78 is 10.2. The molecule has 4 rings (SSSR count). The number of pyridine rings is 1. The van der Waals surface area contributed by atoms with E-state index < -0.39 is 16.2 Å². The molecule has 0 amide bonds. The van der Waals surface area contributed by atoms with Crippen LogP contribution in [0, 0.1) is 10.1 Å². The molecule has 0 saturated heterocycles. The zero-order valence-electron chi connectivity index (χ0n) is 14.9. The van der Waals surface area contributed by atoms with Crippen molar-refractivity contribution >= 4 is 18.3 Å². The van der Waals surface area contributed by atoms with E-state index in [9.17, 15) is 24.5 Å². The Labute approximate surface area is 166 Å². The van der Waals surface area contributed by atoms with Gasteiger partial charge in [-0.2, -0.15) is 4.98 Å². The number of nitro groups is 1. The summed E-state index contributed by atoms with van der Waals surface area (Å²) in [5.74, 6) is -0.0888. The zero-order chi connectivity index (χ0) is 21.3. The van der Waals surface area contributed by atoms with Crippen LogP contribution in [0.5, 0.6) is 0 Å². The minimum atomic E-state index is -0.786. The molecule has 11 heteroatoms. The Morgan fingerprint density at radius 1 is 1.13 bits per heavy atom. The summed E-state index contributed by atoms with van der Waals surface area (Å²) in [5, 5.41) is 15.1. The van der Waals surface area contributed by atoms with Gasteiger partial charge >= 0.3 is 0 Å². The molecule has 0 unspecified atom stereocenters. The molecule has 0 radical (unpaired) electrons. The van der Waals surface area contributed by atoms with Crippen molar-refractivity contribution in [1.29, 1.82) is 0 Å². The van der Waals surface area contributed by atoms with E-state index >= 15 is 0 Å². The second-order valence-electron chi connectivity index (χ2n) is 6.02. The second-order valence-corrected chi connectivity index (χ2v) is 6.02. The summed E-state index contributed by atoms with van der Waals surface area (Å²) >= 11 is 0. The van der Waals surface area contributed by atoms with E-state index in [0.29, 0.717) is 17.4 Å². The van der Waals surface area contributed by atoms with E-state index in [2.05, 4.69) is 15.1 Å². The molecule has 0 aliphatic carbocycles. The van der Waals surface area contributed by atoms with Gasteiger partial charge in [0.15, 0.2) is 12.6 Å². The van der Waals surface area contributed by atoms with Crippen LogP contribution in [0.25, 0.3) is 34.0 Å². The number of rotatable bonds is 6. The highest BCUT2D eigenvalue weighted by Crippen LogP contribution is 2.31. The third-order valence-corrected chi connectivity index (χ3v) is 4.32. The van der Waals surface area contributed by atoms with E-state index in [4.69, 9.17) is 8.94 Å². The van der Waals surface area contributed by atoms with Crippen LogP contribution >= 0.6 is 0 Å². The van der Waals surface area contributed by atoms with E-state index in [-0.39, 0.29) is 40.3 Å². The number of benzene rings is 1. The minimum Gasteiger partial charge on any atom is -0.472 e. The van der Waals surface area contributed by atoms with Crippen molar-refractivity contribution in [3.05, 3.63) is 74.6 Å². The quantitative estimate of drug-likeness (QED) is 0.288. The molecule has 0 aliphatic heterocycles. The molecular formula is C19H10N4O7. The number of nitrogens with one attached hydrogen (secondary N) is 1. The molecule has 0 fully saturated rings. The van der Waals surface area contributed by atoms with Crippen molar-refractivity contribution in [1.82, 2.24) is 15.1 Å². The number of aromatic amines is 1. The van der Waals surface area contributed by atoms with Gasteiger partial charge in [0, 0.05) is 34.5 Å².